The maximum Gasteiger partial charge on any atom is 0.119 e. The molecule has 0 atom stereocenters. The van der Waals surface area contributed by atoms with E-state index in [9.17, 15) is 4.79 Å². The van der Waals surface area contributed by atoms with E-state index < -0.39 is 0 Å². The van der Waals surface area contributed by atoms with E-state index in [2.05, 4.69) is 43.4 Å². The summed E-state index contributed by atoms with van der Waals surface area (Å²) in [5.74, 6) is 0. The van der Waals surface area contributed by atoms with Gasteiger partial charge in [0.05, 0.1) is 0 Å². The lowest BCUT2D eigenvalue weighted by Crippen LogP contribution is -1.77. The summed E-state index contributed by atoms with van der Waals surface area (Å²) >= 11 is 0. The van der Waals surface area contributed by atoms with Crippen LogP contribution in [0.3, 0.4) is 0 Å². The van der Waals surface area contributed by atoms with Gasteiger partial charge in [0.15, 0.2) is 0 Å². The first-order valence-corrected chi connectivity index (χ1v) is 6.82. The van der Waals surface area contributed by atoms with Gasteiger partial charge in [-0.25, -0.2) is 0 Å². The number of unbranched alkanes of at least 4 members (excludes halogenated alkanes) is 5. The van der Waals surface area contributed by atoms with Gasteiger partial charge in [-0.1, -0.05) is 49.8 Å². The maximum atomic E-state index is 10.1. The molecule has 0 rings (SSSR count). The summed E-state index contributed by atoms with van der Waals surface area (Å²) in [5, 5.41) is 0. The van der Waals surface area contributed by atoms with Crippen molar-refractivity contribution in [1.29, 1.82) is 0 Å². The van der Waals surface area contributed by atoms with Crippen LogP contribution >= 0.6 is 0 Å². The van der Waals surface area contributed by atoms with Gasteiger partial charge in [-0.3, -0.25) is 0 Å². The van der Waals surface area contributed by atoms with Gasteiger partial charge in [0, 0.05) is 6.42 Å². The van der Waals surface area contributed by atoms with Gasteiger partial charge in [-0.05, 0) is 38.5 Å². The molecular weight excluding hydrogens is 208 g/mol. The molecule has 0 bridgehead atoms. The quantitative estimate of drug-likeness (QED) is 0.213. The molecule has 0 fully saturated rings. The minimum atomic E-state index is 0.722. The SMILES string of the molecule is CC/C=C/C=C\CC/C=C\CCCCCC=O. The lowest BCUT2D eigenvalue weighted by atomic mass is 10.1. The molecule has 0 aliphatic heterocycles. The van der Waals surface area contributed by atoms with E-state index in [1.54, 1.807) is 0 Å². The zero-order chi connectivity index (χ0) is 12.6. The fourth-order valence-electron chi connectivity index (χ4n) is 1.48. The number of carbonyl (C=O) groups excluding carboxylic acids is 1. The minimum absolute atomic E-state index is 0.722. The number of rotatable bonds is 11. The van der Waals surface area contributed by atoms with Crippen molar-refractivity contribution in [3.63, 3.8) is 0 Å². The average Bonchev–Trinajstić information content (AvgIpc) is 2.35. The zero-order valence-corrected chi connectivity index (χ0v) is 11.1. The molecule has 0 aromatic rings. The molecule has 0 N–H and O–H groups in total. The Balaban J connectivity index is 3.22. The second kappa shape index (κ2) is 14.9. The molecule has 0 aromatic heterocycles. The van der Waals surface area contributed by atoms with Crippen molar-refractivity contribution >= 4 is 6.29 Å². The molecule has 0 aliphatic carbocycles. The average molecular weight is 234 g/mol. The van der Waals surface area contributed by atoms with Crippen molar-refractivity contribution in [3.05, 3.63) is 36.5 Å². The van der Waals surface area contributed by atoms with Gasteiger partial charge in [-0.2, -0.15) is 0 Å². The van der Waals surface area contributed by atoms with Crippen LogP contribution in [0.5, 0.6) is 0 Å². The first-order chi connectivity index (χ1) is 8.41. The highest BCUT2D eigenvalue weighted by Gasteiger charge is 1.86. The van der Waals surface area contributed by atoms with Crippen LogP contribution < -0.4 is 0 Å². The van der Waals surface area contributed by atoms with Crippen LogP contribution in [0.25, 0.3) is 0 Å². The summed E-state index contributed by atoms with van der Waals surface area (Å²) < 4.78 is 0. The molecule has 17 heavy (non-hydrogen) atoms. The number of hydrogen-bond acceptors (Lipinski definition) is 1. The summed E-state index contributed by atoms with van der Waals surface area (Å²) in [6.07, 6.45) is 22.8. The fourth-order valence-corrected chi connectivity index (χ4v) is 1.48. The van der Waals surface area contributed by atoms with E-state index in [4.69, 9.17) is 0 Å². The van der Waals surface area contributed by atoms with Crippen molar-refractivity contribution < 1.29 is 4.79 Å². The summed E-state index contributed by atoms with van der Waals surface area (Å²) in [7, 11) is 0. The molecule has 0 heterocycles. The lowest BCUT2D eigenvalue weighted by Gasteiger charge is -1.93. The van der Waals surface area contributed by atoms with Gasteiger partial charge in [0.25, 0.3) is 0 Å². The van der Waals surface area contributed by atoms with E-state index in [0.29, 0.717) is 0 Å². The summed E-state index contributed by atoms with van der Waals surface area (Å²) in [6.45, 7) is 2.14. The van der Waals surface area contributed by atoms with E-state index in [1.165, 1.54) is 12.8 Å². The molecule has 0 amide bonds. The van der Waals surface area contributed by atoms with Gasteiger partial charge < -0.3 is 4.79 Å². The smallest absolute Gasteiger partial charge is 0.119 e. The van der Waals surface area contributed by atoms with Crippen LogP contribution in [0.2, 0.25) is 0 Å². The van der Waals surface area contributed by atoms with Gasteiger partial charge in [0.1, 0.15) is 6.29 Å². The van der Waals surface area contributed by atoms with Crippen molar-refractivity contribution in [2.45, 2.75) is 58.3 Å². The number of carbonyl (C=O) groups is 1. The largest absolute Gasteiger partial charge is 0.303 e. The summed E-state index contributed by atoms with van der Waals surface area (Å²) in [4.78, 5) is 10.1. The molecule has 0 radical (unpaired) electrons. The third kappa shape index (κ3) is 14.9. The maximum absolute atomic E-state index is 10.1. The van der Waals surface area contributed by atoms with Crippen LogP contribution in [-0.4, -0.2) is 6.29 Å². The first kappa shape index (κ1) is 15.9. The Hall–Kier alpha value is -1.11. The third-order valence-electron chi connectivity index (χ3n) is 2.48. The Bertz CT molecular complexity index is 236. The third-order valence-corrected chi connectivity index (χ3v) is 2.48. The molecule has 1 heteroatoms. The lowest BCUT2D eigenvalue weighted by molar-refractivity contribution is -0.107. The van der Waals surface area contributed by atoms with Crippen LogP contribution in [0.15, 0.2) is 36.5 Å². The van der Waals surface area contributed by atoms with Crippen LogP contribution in [0.1, 0.15) is 58.3 Å². The van der Waals surface area contributed by atoms with Gasteiger partial charge >= 0.3 is 0 Å². The molecule has 0 saturated carbocycles. The summed E-state index contributed by atoms with van der Waals surface area (Å²) in [6, 6.07) is 0. The predicted molar refractivity (Wildman–Crippen MR) is 76.1 cm³/mol. The van der Waals surface area contributed by atoms with Crippen molar-refractivity contribution in [2.75, 3.05) is 0 Å². The van der Waals surface area contributed by atoms with E-state index >= 15 is 0 Å². The Morgan fingerprint density at radius 2 is 1.35 bits per heavy atom. The van der Waals surface area contributed by atoms with Crippen molar-refractivity contribution in [1.82, 2.24) is 0 Å². The van der Waals surface area contributed by atoms with E-state index in [0.717, 1.165) is 44.8 Å². The van der Waals surface area contributed by atoms with Gasteiger partial charge in [-0.15, -0.1) is 0 Å². The predicted octanol–water partition coefficient (Wildman–Crippen LogP) is 4.99. The molecular formula is C16H26O. The highest BCUT2D eigenvalue weighted by atomic mass is 16.1. The standard InChI is InChI=1S/C16H26O/c1-2-3-4-5-6-7-8-9-10-11-12-13-14-15-16-17/h3-6,9-10,16H,2,7-8,11-15H2,1H3/b4-3+,6-5-,10-9-. The van der Waals surface area contributed by atoms with Crippen molar-refractivity contribution in [3.8, 4) is 0 Å². The minimum Gasteiger partial charge on any atom is -0.303 e. The Kier molecular flexibility index (Phi) is 13.9. The highest BCUT2D eigenvalue weighted by Crippen LogP contribution is 2.03. The molecule has 0 spiro atoms. The Labute approximate surface area is 106 Å². The topological polar surface area (TPSA) is 17.1 Å². The van der Waals surface area contributed by atoms with Crippen molar-refractivity contribution in [2.24, 2.45) is 0 Å². The van der Waals surface area contributed by atoms with Crippen LogP contribution in [-0.2, 0) is 4.79 Å². The molecule has 0 saturated heterocycles. The summed E-state index contributed by atoms with van der Waals surface area (Å²) in [5.41, 5.74) is 0. The second-order valence-corrected chi connectivity index (χ2v) is 4.12. The van der Waals surface area contributed by atoms with Crippen LogP contribution in [0, 0.1) is 0 Å². The Morgan fingerprint density at radius 3 is 2.12 bits per heavy atom. The Morgan fingerprint density at radius 1 is 0.706 bits per heavy atom. The molecule has 1 nitrogen and oxygen atoms in total. The zero-order valence-electron chi connectivity index (χ0n) is 11.1. The number of allylic oxidation sites excluding steroid dienone is 6. The fraction of sp³-hybridized carbons (Fsp3) is 0.562. The van der Waals surface area contributed by atoms with E-state index in [1.807, 2.05) is 0 Å². The number of aldehydes is 1. The van der Waals surface area contributed by atoms with E-state index in [-0.39, 0.29) is 0 Å². The van der Waals surface area contributed by atoms with Gasteiger partial charge in [0.2, 0.25) is 0 Å². The highest BCUT2D eigenvalue weighted by molar-refractivity contribution is 5.48. The molecule has 0 aliphatic rings. The number of hydrogen-bond donors (Lipinski definition) is 0. The second-order valence-electron chi connectivity index (χ2n) is 4.12. The monoisotopic (exact) mass is 234 g/mol. The first-order valence-electron chi connectivity index (χ1n) is 6.82. The molecule has 0 unspecified atom stereocenters. The molecule has 0 aromatic carbocycles. The van der Waals surface area contributed by atoms with Crippen LogP contribution in [0.4, 0.5) is 0 Å². The normalized spacial score (nSPS) is 12.1. The molecule has 96 valence electrons.